The number of aromatic nitrogens is 3. The van der Waals surface area contributed by atoms with Crippen LogP contribution in [0.15, 0.2) is 30.5 Å². The highest BCUT2D eigenvalue weighted by atomic mass is 19.1. The molecule has 220 valence electrons. The molecule has 0 saturated carbocycles. The number of fused-ring (bicyclic) bond motifs is 3. The van der Waals surface area contributed by atoms with Gasteiger partial charge in [-0.1, -0.05) is 13.0 Å². The second-order valence-electron chi connectivity index (χ2n) is 11.7. The number of aliphatic hydroxyl groups is 1. The minimum atomic E-state index is -0.922. The summed E-state index contributed by atoms with van der Waals surface area (Å²) in [5, 5.41) is 22.1. The van der Waals surface area contributed by atoms with Gasteiger partial charge in [0.15, 0.2) is 5.82 Å². The maximum Gasteiger partial charge on any atom is 0.319 e. The van der Waals surface area contributed by atoms with E-state index in [1.165, 1.54) is 24.4 Å². The molecule has 2 aromatic heterocycles. The molecule has 5 heterocycles. The number of hydrogen-bond donors (Lipinski definition) is 2. The highest BCUT2D eigenvalue weighted by Crippen LogP contribution is 2.42. The molecule has 2 N–H and O–H groups in total. The third-order valence-electron chi connectivity index (χ3n) is 9.10. The zero-order valence-corrected chi connectivity index (χ0v) is 23.3. The summed E-state index contributed by atoms with van der Waals surface area (Å²) in [5.74, 6) is -0.895. The lowest BCUT2D eigenvalue weighted by atomic mass is 9.94. The number of aryl methyl sites for hydroxylation is 1. The Hall–Kier alpha value is -3.70. The number of halogens is 3. The Bertz CT molecular complexity index is 1700. The number of phenols is 1. The van der Waals surface area contributed by atoms with Crippen LogP contribution in [-0.4, -0.2) is 80.7 Å². The number of alkyl halides is 1. The Kier molecular flexibility index (Phi) is 6.62. The first-order valence-electron chi connectivity index (χ1n) is 14.5. The monoisotopic (exact) mass is 579 g/mol. The van der Waals surface area contributed by atoms with Gasteiger partial charge >= 0.3 is 6.01 Å². The SMILES string of the molecule is CCc1c(F)ccc2cc(O)cc(-c3ncc4c(N5CCC(O)C5)nc(OC[C@@]56CCCN5C[C@H](F)C6)nc4c3F)c12. The predicted octanol–water partition coefficient (Wildman–Crippen LogP) is 4.92. The number of nitrogens with zero attached hydrogens (tertiary/aromatic N) is 5. The van der Waals surface area contributed by atoms with Crippen molar-refractivity contribution >= 4 is 27.5 Å². The fourth-order valence-electron chi connectivity index (χ4n) is 7.13. The van der Waals surface area contributed by atoms with Crippen LogP contribution in [0.3, 0.4) is 0 Å². The molecule has 0 bridgehead atoms. The largest absolute Gasteiger partial charge is 0.508 e. The Morgan fingerprint density at radius 2 is 2.00 bits per heavy atom. The highest BCUT2D eigenvalue weighted by molar-refractivity contribution is 6.01. The van der Waals surface area contributed by atoms with E-state index in [1.54, 1.807) is 6.07 Å². The van der Waals surface area contributed by atoms with Crippen molar-refractivity contribution < 1.29 is 28.1 Å². The number of aromatic hydroxyl groups is 1. The highest BCUT2D eigenvalue weighted by Gasteiger charge is 2.49. The normalized spacial score (nSPS) is 24.3. The van der Waals surface area contributed by atoms with Gasteiger partial charge < -0.3 is 19.8 Å². The van der Waals surface area contributed by atoms with Crippen LogP contribution >= 0.6 is 0 Å². The Morgan fingerprint density at radius 1 is 1.14 bits per heavy atom. The van der Waals surface area contributed by atoms with Gasteiger partial charge in [-0.2, -0.15) is 9.97 Å². The Balaban J connectivity index is 1.37. The maximum absolute atomic E-state index is 16.6. The van der Waals surface area contributed by atoms with E-state index in [0.717, 1.165) is 19.4 Å². The van der Waals surface area contributed by atoms with Gasteiger partial charge in [-0.3, -0.25) is 9.88 Å². The molecule has 11 heteroatoms. The van der Waals surface area contributed by atoms with E-state index >= 15 is 4.39 Å². The number of pyridine rings is 1. The van der Waals surface area contributed by atoms with Crippen LogP contribution in [0.25, 0.3) is 32.9 Å². The molecule has 7 rings (SSSR count). The van der Waals surface area contributed by atoms with Gasteiger partial charge in [0, 0.05) is 37.8 Å². The molecule has 0 aliphatic carbocycles. The molecule has 3 fully saturated rings. The fourth-order valence-corrected chi connectivity index (χ4v) is 7.13. The lowest BCUT2D eigenvalue weighted by molar-refractivity contribution is 0.107. The van der Waals surface area contributed by atoms with Crippen LogP contribution < -0.4 is 9.64 Å². The molecular weight excluding hydrogens is 547 g/mol. The summed E-state index contributed by atoms with van der Waals surface area (Å²) in [7, 11) is 0. The summed E-state index contributed by atoms with van der Waals surface area (Å²) < 4.78 is 51.9. The van der Waals surface area contributed by atoms with Crippen LogP contribution in [0, 0.1) is 11.6 Å². The lowest BCUT2D eigenvalue weighted by Crippen LogP contribution is -2.43. The topological polar surface area (TPSA) is 94.8 Å². The zero-order valence-electron chi connectivity index (χ0n) is 23.3. The van der Waals surface area contributed by atoms with E-state index in [4.69, 9.17) is 4.74 Å². The van der Waals surface area contributed by atoms with Crippen molar-refractivity contribution in [2.24, 2.45) is 0 Å². The van der Waals surface area contributed by atoms with Gasteiger partial charge in [0.2, 0.25) is 0 Å². The van der Waals surface area contributed by atoms with Gasteiger partial charge in [-0.15, -0.1) is 0 Å². The molecule has 0 spiro atoms. The van der Waals surface area contributed by atoms with Crippen molar-refractivity contribution in [1.82, 2.24) is 19.9 Å². The third-order valence-corrected chi connectivity index (χ3v) is 9.10. The lowest BCUT2D eigenvalue weighted by Gasteiger charge is -2.31. The number of rotatable bonds is 6. The number of aliphatic hydroxyl groups excluding tert-OH is 1. The number of ether oxygens (including phenoxy) is 1. The average Bonchev–Trinajstić information content (AvgIpc) is 3.65. The second kappa shape index (κ2) is 10.2. The standard InChI is InChI=1S/C31H32F3N5O3/c1-2-21-24(33)5-4-17-10-20(41)11-22(25(17)21)27-26(34)28-23(13-35-27)29(38-9-6-19(40)15-38)37-30(36-28)42-16-31-7-3-8-39(31)14-18(32)12-31/h4-5,10-11,13,18-19,40-41H,2-3,6-9,12,14-16H2,1H3/t18-,19?,31+/m1/s1. The van der Waals surface area contributed by atoms with Crippen molar-refractivity contribution in [2.45, 2.75) is 56.8 Å². The minimum Gasteiger partial charge on any atom is -0.508 e. The summed E-state index contributed by atoms with van der Waals surface area (Å²) in [6.07, 6.45) is 3.01. The minimum absolute atomic E-state index is 0.0390. The van der Waals surface area contributed by atoms with Gasteiger partial charge in [0.1, 0.15) is 41.4 Å². The third kappa shape index (κ3) is 4.41. The van der Waals surface area contributed by atoms with E-state index in [2.05, 4.69) is 19.9 Å². The average molecular weight is 580 g/mol. The van der Waals surface area contributed by atoms with Crippen molar-refractivity contribution in [3.8, 4) is 23.0 Å². The summed E-state index contributed by atoms with van der Waals surface area (Å²) in [5.41, 5.74) is 0.0798. The molecule has 4 aromatic rings. The fraction of sp³-hybridized carbons (Fsp3) is 0.452. The summed E-state index contributed by atoms with van der Waals surface area (Å²) in [4.78, 5) is 17.5. The first-order chi connectivity index (χ1) is 20.3. The van der Waals surface area contributed by atoms with Crippen LogP contribution in [0.1, 0.15) is 38.2 Å². The van der Waals surface area contributed by atoms with Gasteiger partial charge in [0.25, 0.3) is 0 Å². The van der Waals surface area contributed by atoms with E-state index in [0.29, 0.717) is 66.4 Å². The summed E-state index contributed by atoms with van der Waals surface area (Å²) >= 11 is 0. The molecule has 3 aliphatic rings. The molecule has 1 unspecified atom stereocenters. The van der Waals surface area contributed by atoms with Crippen molar-refractivity contribution in [1.29, 1.82) is 0 Å². The molecule has 3 atom stereocenters. The van der Waals surface area contributed by atoms with Crippen molar-refractivity contribution in [2.75, 3.05) is 37.7 Å². The molecule has 3 aliphatic heterocycles. The van der Waals surface area contributed by atoms with Crippen LogP contribution in [0.4, 0.5) is 19.0 Å². The van der Waals surface area contributed by atoms with Gasteiger partial charge in [-0.25, -0.2) is 13.2 Å². The van der Waals surface area contributed by atoms with Crippen LogP contribution in [0.5, 0.6) is 11.8 Å². The molecule has 42 heavy (non-hydrogen) atoms. The molecule has 3 saturated heterocycles. The molecule has 0 radical (unpaired) electrons. The Morgan fingerprint density at radius 3 is 2.79 bits per heavy atom. The summed E-state index contributed by atoms with van der Waals surface area (Å²) in [6, 6.07) is 5.74. The summed E-state index contributed by atoms with van der Waals surface area (Å²) in [6.45, 7) is 3.99. The number of phenolic OH excluding ortho intramolecular Hbond substituents is 1. The maximum atomic E-state index is 16.6. The number of anilines is 1. The van der Waals surface area contributed by atoms with Crippen LogP contribution in [-0.2, 0) is 6.42 Å². The smallest absolute Gasteiger partial charge is 0.319 e. The molecular formula is C31H32F3N5O3. The zero-order chi connectivity index (χ0) is 29.2. The first-order valence-corrected chi connectivity index (χ1v) is 14.5. The van der Waals surface area contributed by atoms with E-state index in [1.807, 2.05) is 11.8 Å². The Labute approximate surface area is 240 Å². The number of hydrogen-bond acceptors (Lipinski definition) is 8. The first kappa shape index (κ1) is 27.2. The second-order valence-corrected chi connectivity index (χ2v) is 11.7. The van der Waals surface area contributed by atoms with E-state index in [-0.39, 0.29) is 35.1 Å². The van der Waals surface area contributed by atoms with Crippen LogP contribution in [0.2, 0.25) is 0 Å². The van der Waals surface area contributed by atoms with Crippen molar-refractivity contribution in [3.05, 3.63) is 47.7 Å². The van der Waals surface area contributed by atoms with E-state index in [9.17, 15) is 19.0 Å². The molecule has 2 aromatic carbocycles. The van der Waals surface area contributed by atoms with E-state index < -0.39 is 29.4 Å². The quantitative estimate of drug-likeness (QED) is 0.333. The number of β-amino-alcohol motifs (C(OH)–C–C–N with tert-alkyl or cyclic N) is 1. The van der Waals surface area contributed by atoms with Gasteiger partial charge in [0.05, 0.1) is 17.0 Å². The van der Waals surface area contributed by atoms with Gasteiger partial charge in [-0.05, 0) is 66.8 Å². The molecule has 8 nitrogen and oxygen atoms in total. The van der Waals surface area contributed by atoms with Crippen molar-refractivity contribution in [3.63, 3.8) is 0 Å². The number of benzene rings is 2. The molecule has 0 amide bonds. The predicted molar refractivity (Wildman–Crippen MR) is 153 cm³/mol.